The number of rotatable bonds is 4. The quantitative estimate of drug-likeness (QED) is 0.868. The molecule has 2 aliphatic rings. The van der Waals surface area contributed by atoms with Crippen molar-refractivity contribution in [2.24, 2.45) is 5.92 Å². The van der Waals surface area contributed by atoms with E-state index >= 15 is 0 Å². The van der Waals surface area contributed by atoms with E-state index in [1.807, 2.05) is 6.07 Å². The van der Waals surface area contributed by atoms with Gasteiger partial charge in [0.25, 0.3) is 5.92 Å². The van der Waals surface area contributed by atoms with Gasteiger partial charge >= 0.3 is 0 Å². The van der Waals surface area contributed by atoms with Gasteiger partial charge in [0, 0.05) is 16.9 Å². The molecule has 1 nitrogen and oxygen atoms in total. The van der Waals surface area contributed by atoms with Crippen molar-refractivity contribution < 1.29 is 13.9 Å². The van der Waals surface area contributed by atoms with Crippen LogP contribution in [0, 0.1) is 5.92 Å². The van der Waals surface area contributed by atoms with Crippen LogP contribution in [0.25, 0.3) is 0 Å². The highest BCUT2D eigenvalue weighted by Crippen LogP contribution is 2.51. The summed E-state index contributed by atoms with van der Waals surface area (Å²) in [5, 5.41) is 9.52. The molecule has 2 aliphatic carbocycles. The van der Waals surface area contributed by atoms with Crippen molar-refractivity contribution in [3.8, 4) is 0 Å². The number of hydrogen-bond donors (Lipinski definition) is 1. The average molecular weight is 252 g/mol. The SMILES string of the molecule is OCC1(c2cccc(C(F)(F)C3CC3)c2)CCC1. The van der Waals surface area contributed by atoms with E-state index in [1.54, 1.807) is 12.1 Å². The lowest BCUT2D eigenvalue weighted by atomic mass is 9.65. The molecule has 2 fully saturated rings. The van der Waals surface area contributed by atoms with Gasteiger partial charge in [-0.15, -0.1) is 0 Å². The smallest absolute Gasteiger partial charge is 0.276 e. The Hall–Kier alpha value is -0.960. The summed E-state index contributed by atoms with van der Waals surface area (Å²) in [7, 11) is 0. The Morgan fingerprint density at radius 2 is 2.00 bits per heavy atom. The van der Waals surface area contributed by atoms with Crippen molar-refractivity contribution in [2.45, 2.75) is 43.4 Å². The molecule has 98 valence electrons. The van der Waals surface area contributed by atoms with Crippen molar-refractivity contribution in [3.63, 3.8) is 0 Å². The first-order valence-electron chi connectivity index (χ1n) is 6.68. The number of benzene rings is 1. The zero-order valence-corrected chi connectivity index (χ0v) is 10.3. The third kappa shape index (κ3) is 1.76. The number of hydrogen-bond acceptors (Lipinski definition) is 1. The third-order valence-corrected chi connectivity index (χ3v) is 4.56. The Kier molecular flexibility index (Phi) is 2.70. The summed E-state index contributed by atoms with van der Waals surface area (Å²) in [4.78, 5) is 0. The molecule has 0 spiro atoms. The molecule has 18 heavy (non-hydrogen) atoms. The van der Waals surface area contributed by atoms with Crippen LogP contribution >= 0.6 is 0 Å². The predicted molar refractivity (Wildman–Crippen MR) is 65.7 cm³/mol. The molecule has 3 rings (SSSR count). The lowest BCUT2D eigenvalue weighted by molar-refractivity contribution is -0.0288. The molecule has 0 aromatic heterocycles. The van der Waals surface area contributed by atoms with Crippen LogP contribution in [0.2, 0.25) is 0 Å². The Morgan fingerprint density at radius 1 is 1.28 bits per heavy atom. The van der Waals surface area contributed by atoms with Crippen LogP contribution in [-0.4, -0.2) is 11.7 Å². The largest absolute Gasteiger partial charge is 0.395 e. The summed E-state index contributed by atoms with van der Waals surface area (Å²) in [5.41, 5.74) is 0.756. The molecule has 0 heterocycles. The van der Waals surface area contributed by atoms with Gasteiger partial charge in [-0.05, 0) is 37.3 Å². The fraction of sp³-hybridized carbons (Fsp3) is 0.600. The first-order valence-corrected chi connectivity index (χ1v) is 6.68. The van der Waals surface area contributed by atoms with Gasteiger partial charge in [-0.25, -0.2) is 8.78 Å². The van der Waals surface area contributed by atoms with E-state index in [0.29, 0.717) is 12.8 Å². The predicted octanol–water partition coefficient (Wildman–Crippen LogP) is 3.60. The monoisotopic (exact) mass is 252 g/mol. The molecule has 0 unspecified atom stereocenters. The van der Waals surface area contributed by atoms with Gasteiger partial charge in [0.2, 0.25) is 0 Å². The molecule has 0 amide bonds. The van der Waals surface area contributed by atoms with Gasteiger partial charge in [0.15, 0.2) is 0 Å². The maximum atomic E-state index is 14.1. The second-order valence-electron chi connectivity index (χ2n) is 5.77. The van der Waals surface area contributed by atoms with Crippen LogP contribution < -0.4 is 0 Å². The molecule has 1 N–H and O–H groups in total. The lowest BCUT2D eigenvalue weighted by Gasteiger charge is -2.41. The van der Waals surface area contributed by atoms with E-state index in [0.717, 1.165) is 24.8 Å². The summed E-state index contributed by atoms with van der Waals surface area (Å²) in [6.07, 6.45) is 4.14. The van der Waals surface area contributed by atoms with Crippen LogP contribution in [0.15, 0.2) is 24.3 Å². The summed E-state index contributed by atoms with van der Waals surface area (Å²) in [5.74, 6) is -3.17. The van der Waals surface area contributed by atoms with Crippen LogP contribution in [0.5, 0.6) is 0 Å². The van der Waals surface area contributed by atoms with Crippen molar-refractivity contribution in [2.75, 3.05) is 6.61 Å². The highest BCUT2D eigenvalue weighted by molar-refractivity contribution is 5.35. The molecule has 0 bridgehead atoms. The Balaban J connectivity index is 1.94. The molecule has 1 aromatic rings. The third-order valence-electron chi connectivity index (χ3n) is 4.56. The Morgan fingerprint density at radius 3 is 2.50 bits per heavy atom. The fourth-order valence-corrected chi connectivity index (χ4v) is 2.88. The lowest BCUT2D eigenvalue weighted by Crippen LogP contribution is -2.38. The molecule has 0 radical (unpaired) electrons. The highest BCUT2D eigenvalue weighted by atomic mass is 19.3. The van der Waals surface area contributed by atoms with E-state index < -0.39 is 11.8 Å². The van der Waals surface area contributed by atoms with Crippen LogP contribution in [0.4, 0.5) is 8.78 Å². The molecule has 0 saturated heterocycles. The second kappa shape index (κ2) is 4.02. The van der Waals surface area contributed by atoms with Gasteiger partial charge in [0.1, 0.15) is 0 Å². The molecular formula is C15H18F2O. The van der Waals surface area contributed by atoms with E-state index in [4.69, 9.17) is 0 Å². The number of aliphatic hydroxyl groups excluding tert-OH is 1. The minimum Gasteiger partial charge on any atom is -0.395 e. The van der Waals surface area contributed by atoms with Crippen molar-refractivity contribution >= 4 is 0 Å². The van der Waals surface area contributed by atoms with Gasteiger partial charge in [-0.3, -0.25) is 0 Å². The fourth-order valence-electron chi connectivity index (χ4n) is 2.88. The summed E-state index contributed by atoms with van der Waals surface area (Å²) in [6, 6.07) is 6.72. The number of halogens is 2. The van der Waals surface area contributed by atoms with E-state index in [-0.39, 0.29) is 17.6 Å². The van der Waals surface area contributed by atoms with Crippen LogP contribution in [-0.2, 0) is 11.3 Å². The minimum atomic E-state index is -2.70. The van der Waals surface area contributed by atoms with Crippen LogP contribution in [0.3, 0.4) is 0 Å². The molecule has 0 atom stereocenters. The Bertz CT molecular complexity index is 425. The van der Waals surface area contributed by atoms with Gasteiger partial charge < -0.3 is 5.11 Å². The normalized spacial score (nSPS) is 22.6. The molecule has 3 heteroatoms. The van der Waals surface area contributed by atoms with Crippen LogP contribution in [0.1, 0.15) is 43.2 Å². The maximum absolute atomic E-state index is 14.1. The summed E-state index contributed by atoms with van der Waals surface area (Å²) < 4.78 is 28.1. The van der Waals surface area contributed by atoms with Gasteiger partial charge in [0.05, 0.1) is 6.61 Å². The van der Waals surface area contributed by atoms with Crippen molar-refractivity contribution in [3.05, 3.63) is 35.4 Å². The minimum absolute atomic E-state index is 0.0610. The number of aliphatic hydroxyl groups is 1. The summed E-state index contributed by atoms with van der Waals surface area (Å²) in [6.45, 7) is 0.0610. The summed E-state index contributed by atoms with van der Waals surface area (Å²) >= 11 is 0. The van der Waals surface area contributed by atoms with E-state index in [1.165, 1.54) is 6.07 Å². The molecule has 0 aliphatic heterocycles. The molecular weight excluding hydrogens is 234 g/mol. The number of alkyl halides is 2. The zero-order chi connectivity index (χ0) is 12.8. The molecule has 1 aromatic carbocycles. The standard InChI is InChI=1S/C15H18F2O/c16-15(17,11-5-6-11)13-4-1-3-12(9-13)14(10-18)7-2-8-14/h1,3-4,9,11,18H,2,5-8,10H2. The Labute approximate surface area is 106 Å². The maximum Gasteiger partial charge on any atom is 0.276 e. The topological polar surface area (TPSA) is 20.2 Å². The highest BCUT2D eigenvalue weighted by Gasteiger charge is 2.48. The molecule has 2 saturated carbocycles. The van der Waals surface area contributed by atoms with Gasteiger partial charge in [-0.2, -0.15) is 0 Å². The van der Waals surface area contributed by atoms with Crippen molar-refractivity contribution in [1.82, 2.24) is 0 Å². The average Bonchev–Trinajstić information content (AvgIpc) is 3.13. The van der Waals surface area contributed by atoms with E-state index in [9.17, 15) is 13.9 Å². The van der Waals surface area contributed by atoms with Gasteiger partial charge in [-0.1, -0.05) is 24.6 Å². The first kappa shape index (κ1) is 12.1. The van der Waals surface area contributed by atoms with E-state index in [2.05, 4.69) is 0 Å². The zero-order valence-electron chi connectivity index (χ0n) is 10.3. The first-order chi connectivity index (χ1) is 8.58. The second-order valence-corrected chi connectivity index (χ2v) is 5.77. The van der Waals surface area contributed by atoms with Crippen molar-refractivity contribution in [1.29, 1.82) is 0 Å².